The van der Waals surface area contributed by atoms with Gasteiger partial charge < -0.3 is 9.80 Å². The Morgan fingerprint density at radius 1 is 1.05 bits per heavy atom. The van der Waals surface area contributed by atoms with Crippen molar-refractivity contribution in [3.05, 3.63) is 72.1 Å². The second kappa shape index (κ2) is 9.16. The van der Waals surface area contributed by atoms with Gasteiger partial charge in [-0.05, 0) is 38.1 Å². The van der Waals surface area contributed by atoms with Crippen molar-refractivity contribution in [1.29, 1.82) is 5.26 Å². The number of alkyl halides is 3. The van der Waals surface area contributed by atoms with Crippen LogP contribution in [0.1, 0.15) is 35.5 Å². The Kier molecular flexibility index (Phi) is 5.99. The van der Waals surface area contributed by atoms with E-state index in [0.29, 0.717) is 5.69 Å². The van der Waals surface area contributed by atoms with Crippen molar-refractivity contribution in [2.24, 2.45) is 0 Å². The first kappa shape index (κ1) is 24.2. The number of carbonyl (C=O) groups is 1. The van der Waals surface area contributed by atoms with Gasteiger partial charge in [-0.3, -0.25) is 14.3 Å². The van der Waals surface area contributed by atoms with Crippen LogP contribution in [0.15, 0.2) is 55.2 Å². The SMILES string of the molecule is C[C@@H]1CN(c2ncnc3c2c(C(F)(F)F)cn3-c2cc(C#N)ccn2)[C@@H](C)CN1C(=O)c1ccccn1. The number of carbonyl (C=O) groups excluding carboxylic acids is 1. The molecule has 4 aromatic rings. The van der Waals surface area contributed by atoms with Crippen LogP contribution < -0.4 is 4.90 Å². The number of anilines is 1. The molecule has 12 heteroatoms. The predicted octanol–water partition coefficient (Wildman–Crippen LogP) is 3.84. The number of rotatable bonds is 3. The van der Waals surface area contributed by atoms with Crippen LogP contribution in [0.2, 0.25) is 0 Å². The van der Waals surface area contributed by atoms with Crippen LogP contribution in [0.5, 0.6) is 0 Å². The van der Waals surface area contributed by atoms with Gasteiger partial charge in [-0.1, -0.05) is 6.07 Å². The molecule has 4 aromatic heterocycles. The number of nitriles is 1. The van der Waals surface area contributed by atoms with Crippen LogP contribution >= 0.6 is 0 Å². The van der Waals surface area contributed by atoms with Crippen molar-refractivity contribution in [2.75, 3.05) is 18.0 Å². The van der Waals surface area contributed by atoms with E-state index in [0.717, 1.165) is 6.20 Å². The van der Waals surface area contributed by atoms with Gasteiger partial charge in [0.25, 0.3) is 5.91 Å². The van der Waals surface area contributed by atoms with E-state index >= 15 is 0 Å². The van der Waals surface area contributed by atoms with Crippen molar-refractivity contribution < 1.29 is 18.0 Å². The molecule has 0 bridgehead atoms. The molecule has 0 radical (unpaired) electrons. The van der Waals surface area contributed by atoms with E-state index in [1.165, 1.54) is 29.2 Å². The van der Waals surface area contributed by atoms with Crippen LogP contribution in [0.4, 0.5) is 19.0 Å². The highest BCUT2D eigenvalue weighted by molar-refractivity contribution is 5.94. The van der Waals surface area contributed by atoms with Crippen LogP contribution in [-0.4, -0.2) is 60.5 Å². The number of nitrogens with zero attached hydrogens (tertiary/aromatic N) is 8. The minimum absolute atomic E-state index is 0.0201. The molecule has 1 aliphatic rings. The number of hydrogen-bond donors (Lipinski definition) is 0. The predicted molar refractivity (Wildman–Crippen MR) is 128 cm³/mol. The third kappa shape index (κ3) is 4.33. The van der Waals surface area contributed by atoms with Crippen LogP contribution in [0.25, 0.3) is 16.9 Å². The number of amides is 1. The smallest absolute Gasteiger partial charge is 0.349 e. The van der Waals surface area contributed by atoms with Crippen molar-refractivity contribution in [3.63, 3.8) is 0 Å². The Morgan fingerprint density at radius 2 is 1.86 bits per heavy atom. The summed E-state index contributed by atoms with van der Waals surface area (Å²) < 4.78 is 44.0. The zero-order valence-electron chi connectivity index (χ0n) is 19.9. The van der Waals surface area contributed by atoms with E-state index in [2.05, 4.69) is 19.9 Å². The summed E-state index contributed by atoms with van der Waals surface area (Å²) >= 11 is 0. The summed E-state index contributed by atoms with van der Waals surface area (Å²) in [6, 6.07) is 9.25. The third-order valence-corrected chi connectivity index (χ3v) is 6.39. The molecule has 2 atom stereocenters. The number of piperazine rings is 1. The van der Waals surface area contributed by atoms with E-state index in [9.17, 15) is 23.2 Å². The Morgan fingerprint density at radius 3 is 2.57 bits per heavy atom. The van der Waals surface area contributed by atoms with Crippen molar-refractivity contribution in [1.82, 2.24) is 29.4 Å². The van der Waals surface area contributed by atoms with Crippen LogP contribution in [0, 0.1) is 11.3 Å². The van der Waals surface area contributed by atoms with E-state index < -0.39 is 11.7 Å². The zero-order valence-corrected chi connectivity index (χ0v) is 19.9. The minimum Gasteiger partial charge on any atom is -0.349 e. The van der Waals surface area contributed by atoms with Gasteiger partial charge in [-0.15, -0.1) is 0 Å². The Hall–Kier alpha value is -4.53. The topological polar surface area (TPSA) is 104 Å². The van der Waals surface area contributed by atoms with Gasteiger partial charge >= 0.3 is 6.18 Å². The quantitative estimate of drug-likeness (QED) is 0.416. The van der Waals surface area contributed by atoms with Gasteiger partial charge in [0.2, 0.25) is 0 Å². The lowest BCUT2D eigenvalue weighted by Crippen LogP contribution is -2.58. The Balaban J connectivity index is 1.58. The summed E-state index contributed by atoms with van der Waals surface area (Å²) in [5, 5.41) is 9.06. The third-order valence-electron chi connectivity index (χ3n) is 6.39. The van der Waals surface area contributed by atoms with Crippen molar-refractivity contribution in [3.8, 4) is 11.9 Å². The van der Waals surface area contributed by atoms with Gasteiger partial charge in [-0.25, -0.2) is 15.0 Å². The molecular formula is C25H21F3N8O. The van der Waals surface area contributed by atoms with Crippen LogP contribution in [0.3, 0.4) is 0 Å². The number of fused-ring (bicyclic) bond motifs is 1. The highest BCUT2D eigenvalue weighted by atomic mass is 19.4. The van der Waals surface area contributed by atoms with Gasteiger partial charge in [-0.2, -0.15) is 18.4 Å². The fourth-order valence-corrected chi connectivity index (χ4v) is 4.61. The normalized spacial score (nSPS) is 18.2. The summed E-state index contributed by atoms with van der Waals surface area (Å²) in [6.45, 7) is 4.21. The summed E-state index contributed by atoms with van der Waals surface area (Å²) in [6.07, 6.45) is 0.352. The molecule has 0 unspecified atom stereocenters. The number of aromatic nitrogens is 5. The molecule has 0 saturated carbocycles. The molecule has 0 spiro atoms. The monoisotopic (exact) mass is 506 g/mol. The molecule has 188 valence electrons. The highest BCUT2D eigenvalue weighted by Crippen LogP contribution is 2.41. The first-order chi connectivity index (χ1) is 17.7. The molecule has 0 aliphatic carbocycles. The molecule has 5 heterocycles. The van der Waals surface area contributed by atoms with Crippen molar-refractivity contribution >= 4 is 22.8 Å². The minimum atomic E-state index is -4.69. The van der Waals surface area contributed by atoms with Gasteiger partial charge in [0.15, 0.2) is 5.65 Å². The second-order valence-electron chi connectivity index (χ2n) is 8.84. The largest absolute Gasteiger partial charge is 0.418 e. The van der Waals surface area contributed by atoms with E-state index in [1.54, 1.807) is 34.2 Å². The summed E-state index contributed by atoms with van der Waals surface area (Å²) in [5.74, 6) is 0.0196. The Labute approximate surface area is 209 Å². The molecule has 1 amide bonds. The van der Waals surface area contributed by atoms with E-state index in [1.807, 2.05) is 19.9 Å². The molecule has 1 saturated heterocycles. The molecule has 0 N–H and O–H groups in total. The Bertz CT molecular complexity index is 1510. The number of hydrogen-bond acceptors (Lipinski definition) is 7. The fourth-order valence-electron chi connectivity index (χ4n) is 4.61. The first-order valence-corrected chi connectivity index (χ1v) is 11.5. The van der Waals surface area contributed by atoms with Gasteiger partial charge in [0.1, 0.15) is 23.7 Å². The molecule has 9 nitrogen and oxygen atoms in total. The molecule has 5 rings (SSSR count). The number of halogens is 3. The summed E-state index contributed by atoms with van der Waals surface area (Å²) in [4.78, 5) is 33.2. The van der Waals surface area contributed by atoms with E-state index in [-0.39, 0.29) is 59.3 Å². The average molecular weight is 506 g/mol. The van der Waals surface area contributed by atoms with Crippen LogP contribution in [-0.2, 0) is 6.18 Å². The van der Waals surface area contributed by atoms with Gasteiger partial charge in [0, 0.05) is 43.8 Å². The molecule has 1 fully saturated rings. The molecular weight excluding hydrogens is 485 g/mol. The van der Waals surface area contributed by atoms with E-state index in [4.69, 9.17) is 0 Å². The highest BCUT2D eigenvalue weighted by Gasteiger charge is 2.40. The summed E-state index contributed by atoms with van der Waals surface area (Å²) in [7, 11) is 0. The first-order valence-electron chi connectivity index (χ1n) is 11.5. The maximum Gasteiger partial charge on any atom is 0.418 e. The van der Waals surface area contributed by atoms with Crippen molar-refractivity contribution in [2.45, 2.75) is 32.1 Å². The lowest BCUT2D eigenvalue weighted by Gasteiger charge is -2.44. The zero-order chi connectivity index (χ0) is 26.3. The molecule has 37 heavy (non-hydrogen) atoms. The maximum atomic E-state index is 14.2. The average Bonchev–Trinajstić information content (AvgIpc) is 3.31. The second-order valence-corrected chi connectivity index (χ2v) is 8.84. The standard InChI is InChI=1S/C25H21F3N8O/c1-15-12-35(24(37)19-5-3-4-7-30-19)16(2)11-34(15)22-21-18(25(26,27)28)13-36(23(21)33-14-32-22)20-9-17(10-29)6-8-31-20/h3-9,13-16H,11-12H2,1-2H3/t15-,16+/m0/s1. The number of pyridine rings is 2. The molecule has 0 aromatic carbocycles. The van der Waals surface area contributed by atoms with Gasteiger partial charge in [0.05, 0.1) is 22.6 Å². The maximum absolute atomic E-state index is 14.2. The molecule has 1 aliphatic heterocycles. The lowest BCUT2D eigenvalue weighted by atomic mass is 10.1. The lowest BCUT2D eigenvalue weighted by molar-refractivity contribution is -0.136. The fraction of sp³-hybridized carbons (Fsp3) is 0.280. The summed E-state index contributed by atoms with van der Waals surface area (Å²) in [5.41, 5.74) is -0.324.